The van der Waals surface area contributed by atoms with E-state index < -0.39 is 46.3 Å². The van der Waals surface area contributed by atoms with Gasteiger partial charge in [0.05, 0.1) is 34.9 Å². The van der Waals surface area contributed by atoms with Crippen LogP contribution in [-0.2, 0) is 22.0 Å². The van der Waals surface area contributed by atoms with Crippen LogP contribution in [0.15, 0.2) is 30.5 Å². The number of carbonyl (C=O) groups excluding carboxylic acids is 2. The number of likely N-dealkylation sites (tertiary alicyclic amines) is 1. The maximum Gasteiger partial charge on any atom is 0.415 e. The maximum absolute atomic E-state index is 17.5. The van der Waals surface area contributed by atoms with Gasteiger partial charge in [0.2, 0.25) is 0 Å². The number of fused-ring (bicyclic) bond motifs is 7. The molecule has 1 N–H and O–H groups in total. The molecule has 10 rings (SSSR count). The van der Waals surface area contributed by atoms with E-state index in [4.69, 9.17) is 19.2 Å². The number of alkyl carbamates (subject to hydrolysis) is 1. The number of pyridine rings is 1. The number of hydrogen-bond donors (Lipinski definition) is 1. The van der Waals surface area contributed by atoms with Crippen LogP contribution in [-0.4, -0.2) is 122 Å². The van der Waals surface area contributed by atoms with Crippen molar-refractivity contribution >= 4 is 50.5 Å². The van der Waals surface area contributed by atoms with E-state index in [1.807, 2.05) is 0 Å². The molecule has 0 radical (unpaired) electrons. The fourth-order valence-electron chi connectivity index (χ4n) is 9.77. The Kier molecular flexibility index (Phi) is 10.1. The number of halogens is 3. The molecule has 6 aliphatic heterocycles. The van der Waals surface area contributed by atoms with E-state index in [0.717, 1.165) is 38.8 Å². The van der Waals surface area contributed by atoms with Crippen LogP contribution >= 0.6 is 0 Å². The molecule has 4 aromatic rings. The number of anilines is 1. The fraction of sp³-hybridized carbons (Fsp3) is 0.537. The average Bonchev–Trinajstić information content (AvgIpc) is 3.93. The first-order chi connectivity index (χ1) is 27.9. The predicted octanol–water partition coefficient (Wildman–Crippen LogP) is 6.06. The summed E-state index contributed by atoms with van der Waals surface area (Å²) in [4.78, 5) is 46.1. The normalized spacial score (nSPS) is 25.2. The number of hydrogen-bond acceptors (Lipinski definition) is 11. The summed E-state index contributed by atoms with van der Waals surface area (Å²) in [5, 5.41) is 3.64. The summed E-state index contributed by atoms with van der Waals surface area (Å²) >= 11 is 0. The molecule has 2 amide bonds. The Bertz CT molecular complexity index is 2330. The number of rotatable bonds is 5. The summed E-state index contributed by atoms with van der Waals surface area (Å²) in [6, 6.07) is 5.77. The molecule has 4 unspecified atom stereocenters. The van der Waals surface area contributed by atoms with Crippen molar-refractivity contribution in [1.82, 2.24) is 30.1 Å². The summed E-state index contributed by atoms with van der Waals surface area (Å²) < 4.78 is 79.0. The molecule has 2 aromatic carbocycles. The molecule has 6 bridgehead atoms. The molecule has 8 heterocycles. The molecule has 58 heavy (non-hydrogen) atoms. The van der Waals surface area contributed by atoms with E-state index in [1.165, 1.54) is 29.3 Å². The van der Waals surface area contributed by atoms with Gasteiger partial charge in [-0.25, -0.2) is 22.8 Å². The molecule has 13 nitrogen and oxygen atoms in total. The van der Waals surface area contributed by atoms with Gasteiger partial charge in [0.1, 0.15) is 41.4 Å². The molecule has 0 saturated carbocycles. The zero-order valence-corrected chi connectivity index (χ0v) is 33.3. The Morgan fingerprint density at radius 1 is 1.10 bits per heavy atom. The Morgan fingerprint density at radius 3 is 2.69 bits per heavy atom. The molecule has 4 fully saturated rings. The first-order valence-corrected chi connectivity index (χ1v) is 21.6. The molecular formula is C41H46F3N7O6S. The number of amides is 2. The molecule has 4 atom stereocenters. The zero-order valence-electron chi connectivity index (χ0n) is 32.5. The van der Waals surface area contributed by atoms with Crippen LogP contribution in [0.5, 0.6) is 11.8 Å². The van der Waals surface area contributed by atoms with E-state index in [9.17, 15) is 13.8 Å². The second-order valence-electron chi connectivity index (χ2n) is 16.6. The molecule has 6 aliphatic rings. The molecule has 308 valence electrons. The second-order valence-corrected chi connectivity index (χ2v) is 18.3. The Hall–Kier alpha value is -4.77. The number of benzene rings is 2. The van der Waals surface area contributed by atoms with Gasteiger partial charge in [-0.3, -0.25) is 14.1 Å². The van der Waals surface area contributed by atoms with Crippen LogP contribution < -0.4 is 19.7 Å². The molecule has 0 aliphatic carbocycles. The number of aryl methyl sites for hydroxylation is 1. The highest BCUT2D eigenvalue weighted by Gasteiger charge is 2.45. The van der Waals surface area contributed by atoms with Crippen molar-refractivity contribution in [3.05, 3.63) is 47.7 Å². The van der Waals surface area contributed by atoms with Crippen molar-refractivity contribution in [1.29, 1.82) is 0 Å². The van der Waals surface area contributed by atoms with Gasteiger partial charge in [0.15, 0.2) is 5.82 Å². The van der Waals surface area contributed by atoms with E-state index in [2.05, 4.69) is 20.2 Å². The molecule has 4 saturated heterocycles. The lowest BCUT2D eigenvalue weighted by Crippen LogP contribution is -2.60. The van der Waals surface area contributed by atoms with Crippen LogP contribution in [0.4, 0.5) is 28.6 Å². The smallest absolute Gasteiger partial charge is 0.415 e. The fourth-order valence-corrected chi connectivity index (χ4v) is 10.6. The minimum absolute atomic E-state index is 0.00592. The Morgan fingerprint density at radius 2 is 1.91 bits per heavy atom. The van der Waals surface area contributed by atoms with E-state index in [-0.39, 0.29) is 102 Å². The monoisotopic (exact) mass is 821 g/mol. The highest BCUT2D eigenvalue weighted by molar-refractivity contribution is 7.84. The topological polar surface area (TPSA) is 139 Å². The molecule has 2 aromatic heterocycles. The number of piperidine rings is 1. The summed E-state index contributed by atoms with van der Waals surface area (Å²) in [5.74, 6) is -1.15. The van der Waals surface area contributed by atoms with E-state index in [1.54, 1.807) is 24.1 Å². The van der Waals surface area contributed by atoms with Crippen LogP contribution in [0.25, 0.3) is 32.9 Å². The molecular weight excluding hydrogens is 776 g/mol. The maximum atomic E-state index is 17.5. The number of nitrogens with one attached hydrogen (secondary N) is 1. The van der Waals surface area contributed by atoms with E-state index in [0.29, 0.717) is 30.3 Å². The van der Waals surface area contributed by atoms with Gasteiger partial charge in [-0.15, -0.1) is 0 Å². The third-order valence-electron chi connectivity index (χ3n) is 12.5. The summed E-state index contributed by atoms with van der Waals surface area (Å²) in [6.45, 7) is 4.54. The predicted molar refractivity (Wildman–Crippen MR) is 211 cm³/mol. The highest BCUT2D eigenvalue weighted by atomic mass is 32.2. The van der Waals surface area contributed by atoms with Crippen molar-refractivity contribution in [2.45, 2.75) is 80.8 Å². The lowest BCUT2D eigenvalue weighted by Gasteiger charge is -2.42. The largest absolute Gasteiger partial charge is 0.461 e. The van der Waals surface area contributed by atoms with Crippen LogP contribution in [0.2, 0.25) is 0 Å². The Balaban J connectivity index is 1.20. The molecule has 17 heteroatoms. The van der Waals surface area contributed by atoms with Gasteiger partial charge < -0.3 is 29.3 Å². The standard InChI is InChI=1S/C41H46F3N7O6S/c1-40-18-25(42)20-50(22-40)36-30-19-45-34(33(44)35(30)46-37(47-36)56-23-41-10-4-12-51(41)13-5-11-41)29-17-26(57-39(53)49-14-9-27(21-49)58(2)54)16-24-7-8-31(43)28(32(24)29)6-3-15-55-38(52)48-40/h7-8,16-17,19,25,27H,3-6,9-15,18,20-23H2,1-2H3,(H,48,52). The lowest BCUT2D eigenvalue weighted by molar-refractivity contribution is 0.107. The number of ether oxygens (including phenoxy) is 3. The van der Waals surface area contributed by atoms with E-state index >= 15 is 13.2 Å². The highest BCUT2D eigenvalue weighted by Crippen LogP contribution is 2.42. The van der Waals surface area contributed by atoms with Gasteiger partial charge in [-0.2, -0.15) is 9.97 Å². The quantitative estimate of drug-likeness (QED) is 0.251. The minimum Gasteiger partial charge on any atom is -0.461 e. The third kappa shape index (κ3) is 7.17. The first kappa shape index (κ1) is 38.7. The van der Waals surface area contributed by atoms with Crippen LogP contribution in [0.3, 0.4) is 0 Å². The summed E-state index contributed by atoms with van der Waals surface area (Å²) in [7, 11) is -1.12. The number of aromatic nitrogens is 3. The second kappa shape index (κ2) is 15.1. The Labute approximate surface area is 336 Å². The number of carbonyl (C=O) groups is 2. The van der Waals surface area contributed by atoms with Gasteiger partial charge in [-0.05, 0) is 99.5 Å². The first-order valence-electron chi connectivity index (χ1n) is 20.0. The lowest BCUT2D eigenvalue weighted by atomic mass is 9.90. The van der Waals surface area contributed by atoms with Gasteiger partial charge in [0, 0.05) is 54.9 Å². The molecule has 0 spiro atoms. The summed E-state index contributed by atoms with van der Waals surface area (Å²) in [6.07, 6.45) is 5.11. The summed E-state index contributed by atoms with van der Waals surface area (Å²) in [5.41, 5.74) is -1.21. The average molecular weight is 822 g/mol. The van der Waals surface area contributed by atoms with Crippen LogP contribution in [0, 0.1) is 11.6 Å². The third-order valence-corrected chi connectivity index (χ3v) is 13.9. The van der Waals surface area contributed by atoms with Crippen molar-refractivity contribution < 1.29 is 41.2 Å². The van der Waals surface area contributed by atoms with Crippen molar-refractivity contribution in [3.8, 4) is 23.0 Å². The zero-order chi connectivity index (χ0) is 40.3. The SMILES string of the molecule is CS(=O)C1CCN(C(=O)Oc2cc3c4c(c(F)ccc4c2)CCCOC(=O)NC2(C)CC(F)CN(C2)c2nc(OCC45CCCN4CCC5)nc4c(F)c-3ncc24)C1. The van der Waals surface area contributed by atoms with Gasteiger partial charge in [0.25, 0.3) is 0 Å². The number of nitrogens with zero attached hydrogens (tertiary/aromatic N) is 6. The number of alkyl halides is 1. The van der Waals surface area contributed by atoms with Crippen molar-refractivity contribution in [2.75, 3.05) is 63.6 Å². The minimum atomic E-state index is -1.39. The van der Waals surface area contributed by atoms with Crippen LogP contribution in [0.1, 0.15) is 57.4 Å². The van der Waals surface area contributed by atoms with Gasteiger partial charge in [-0.1, -0.05) is 6.07 Å². The van der Waals surface area contributed by atoms with Crippen molar-refractivity contribution in [3.63, 3.8) is 0 Å². The van der Waals surface area contributed by atoms with Crippen molar-refractivity contribution in [2.24, 2.45) is 0 Å². The van der Waals surface area contributed by atoms with Gasteiger partial charge >= 0.3 is 18.2 Å².